The van der Waals surface area contributed by atoms with Gasteiger partial charge in [0.05, 0.1) is 18.8 Å². The molecule has 1 aliphatic rings. The normalized spacial score (nSPS) is 21.7. The second-order valence-electron chi connectivity index (χ2n) is 6.81. The number of ether oxygens (including phenoxy) is 1. The fourth-order valence-electron chi connectivity index (χ4n) is 3.62. The van der Waals surface area contributed by atoms with Crippen molar-refractivity contribution in [1.29, 1.82) is 0 Å². The van der Waals surface area contributed by atoms with Gasteiger partial charge in [0, 0.05) is 29.5 Å². The van der Waals surface area contributed by atoms with Gasteiger partial charge in [0.15, 0.2) is 0 Å². The number of carbonyl (C=O) groups is 1. The van der Waals surface area contributed by atoms with Crippen molar-refractivity contribution in [1.82, 2.24) is 4.90 Å². The molecule has 1 amide bonds. The van der Waals surface area contributed by atoms with Gasteiger partial charge in [0.2, 0.25) is 5.91 Å². The number of anilines is 1. The highest BCUT2D eigenvalue weighted by Crippen LogP contribution is 2.30. The molecule has 5 heteroatoms. The summed E-state index contributed by atoms with van der Waals surface area (Å²) in [5.74, 6) is -0.00606. The monoisotopic (exact) mass is 338 g/mol. The van der Waals surface area contributed by atoms with Gasteiger partial charge in [0.1, 0.15) is 11.2 Å². The number of benzene rings is 2. The van der Waals surface area contributed by atoms with Crippen LogP contribution in [0.5, 0.6) is 0 Å². The summed E-state index contributed by atoms with van der Waals surface area (Å²) < 4.78 is 11.5. The Morgan fingerprint density at radius 3 is 2.60 bits per heavy atom. The lowest BCUT2D eigenvalue weighted by Gasteiger charge is -2.34. The van der Waals surface area contributed by atoms with Gasteiger partial charge in [0.25, 0.3) is 0 Å². The van der Waals surface area contributed by atoms with Gasteiger partial charge < -0.3 is 14.5 Å². The number of nitrogens with one attached hydrogen (secondary N) is 1. The number of hydrogen-bond acceptors (Lipinski definition) is 4. The molecular weight excluding hydrogens is 316 g/mol. The van der Waals surface area contributed by atoms with E-state index in [0.29, 0.717) is 6.54 Å². The van der Waals surface area contributed by atoms with E-state index in [9.17, 15) is 4.79 Å². The first-order valence-electron chi connectivity index (χ1n) is 8.67. The third-order valence-electron chi connectivity index (χ3n) is 4.52. The van der Waals surface area contributed by atoms with Gasteiger partial charge in [-0.1, -0.05) is 18.2 Å². The van der Waals surface area contributed by atoms with E-state index >= 15 is 0 Å². The summed E-state index contributed by atoms with van der Waals surface area (Å²) in [6.45, 7) is 6.02. The van der Waals surface area contributed by atoms with Crippen LogP contribution in [0.25, 0.3) is 21.9 Å². The van der Waals surface area contributed by atoms with Crippen LogP contribution in [0.4, 0.5) is 5.69 Å². The molecule has 2 heterocycles. The maximum Gasteiger partial charge on any atom is 0.238 e. The summed E-state index contributed by atoms with van der Waals surface area (Å²) >= 11 is 0. The number of hydrogen-bond donors (Lipinski definition) is 1. The number of amides is 1. The van der Waals surface area contributed by atoms with E-state index in [1.165, 1.54) is 0 Å². The third kappa shape index (κ3) is 3.38. The summed E-state index contributed by atoms with van der Waals surface area (Å²) in [6, 6.07) is 13.7. The largest absolute Gasteiger partial charge is 0.456 e. The summed E-state index contributed by atoms with van der Waals surface area (Å²) in [5, 5.41) is 5.08. The Bertz CT molecular complexity index is 908. The third-order valence-corrected chi connectivity index (χ3v) is 4.52. The maximum absolute atomic E-state index is 12.4. The van der Waals surface area contributed by atoms with Crippen LogP contribution in [0.15, 0.2) is 46.9 Å². The van der Waals surface area contributed by atoms with Crippen LogP contribution in [0.3, 0.4) is 0 Å². The molecule has 0 spiro atoms. The Kier molecular flexibility index (Phi) is 4.19. The lowest BCUT2D eigenvalue weighted by atomic mass is 10.1. The minimum absolute atomic E-state index is 0.00606. The van der Waals surface area contributed by atoms with E-state index < -0.39 is 0 Å². The van der Waals surface area contributed by atoms with Crippen LogP contribution in [-0.4, -0.2) is 42.6 Å². The standard InChI is InChI=1S/C20H22N2O3/c1-13-10-22(11-14(2)24-13)12-20(23)21-15-7-8-19-17(9-15)16-5-3-4-6-18(16)25-19/h3-9,13-14H,10-12H2,1-2H3,(H,21,23)/t13-,14-/m1/s1. The van der Waals surface area contributed by atoms with Crippen LogP contribution in [0.2, 0.25) is 0 Å². The second-order valence-corrected chi connectivity index (χ2v) is 6.81. The van der Waals surface area contributed by atoms with Crippen molar-refractivity contribution in [2.75, 3.05) is 25.0 Å². The lowest BCUT2D eigenvalue weighted by Crippen LogP contribution is -2.48. The van der Waals surface area contributed by atoms with Crippen molar-refractivity contribution in [3.05, 3.63) is 42.5 Å². The first-order valence-corrected chi connectivity index (χ1v) is 8.67. The van der Waals surface area contributed by atoms with Crippen molar-refractivity contribution in [3.63, 3.8) is 0 Å². The molecule has 1 fully saturated rings. The lowest BCUT2D eigenvalue weighted by molar-refractivity contribution is -0.121. The number of furan rings is 1. The Morgan fingerprint density at radius 2 is 1.80 bits per heavy atom. The van der Waals surface area contributed by atoms with E-state index in [1.807, 2.05) is 56.3 Å². The highest BCUT2D eigenvalue weighted by Gasteiger charge is 2.23. The molecule has 5 nitrogen and oxygen atoms in total. The number of nitrogens with zero attached hydrogens (tertiary/aromatic N) is 1. The smallest absolute Gasteiger partial charge is 0.238 e. The zero-order valence-electron chi connectivity index (χ0n) is 14.5. The van der Waals surface area contributed by atoms with E-state index in [1.54, 1.807) is 0 Å². The quantitative estimate of drug-likeness (QED) is 0.792. The number of rotatable bonds is 3. The Labute approximate surface area is 146 Å². The summed E-state index contributed by atoms with van der Waals surface area (Å²) in [4.78, 5) is 14.6. The SMILES string of the molecule is C[C@@H]1CN(CC(=O)Nc2ccc3oc4ccccc4c3c2)C[C@@H](C)O1. The molecule has 0 unspecified atom stereocenters. The predicted molar refractivity (Wildman–Crippen MR) is 98.8 cm³/mol. The summed E-state index contributed by atoms with van der Waals surface area (Å²) in [7, 11) is 0. The zero-order chi connectivity index (χ0) is 17.4. The molecule has 1 aliphatic heterocycles. The van der Waals surface area contributed by atoms with Crippen molar-refractivity contribution < 1.29 is 13.9 Å². The van der Waals surface area contributed by atoms with E-state index in [-0.39, 0.29) is 18.1 Å². The van der Waals surface area contributed by atoms with Crippen molar-refractivity contribution in [2.24, 2.45) is 0 Å². The molecule has 0 aliphatic carbocycles. The average Bonchev–Trinajstić information content (AvgIpc) is 2.92. The Morgan fingerprint density at radius 1 is 1.08 bits per heavy atom. The fraction of sp³-hybridized carbons (Fsp3) is 0.350. The highest BCUT2D eigenvalue weighted by atomic mass is 16.5. The van der Waals surface area contributed by atoms with Gasteiger partial charge >= 0.3 is 0 Å². The number of morpholine rings is 1. The zero-order valence-corrected chi connectivity index (χ0v) is 14.5. The first-order chi connectivity index (χ1) is 12.1. The van der Waals surface area contributed by atoms with Crippen LogP contribution >= 0.6 is 0 Å². The number of fused-ring (bicyclic) bond motifs is 3. The van der Waals surface area contributed by atoms with Crippen LogP contribution < -0.4 is 5.32 Å². The molecule has 2 atom stereocenters. The predicted octanol–water partition coefficient (Wildman–Crippen LogP) is 3.63. The maximum atomic E-state index is 12.4. The van der Waals surface area contributed by atoms with Gasteiger partial charge in [-0.2, -0.15) is 0 Å². The van der Waals surface area contributed by atoms with E-state index in [2.05, 4.69) is 10.2 Å². The van der Waals surface area contributed by atoms with E-state index in [4.69, 9.17) is 9.15 Å². The van der Waals surface area contributed by atoms with Crippen molar-refractivity contribution in [2.45, 2.75) is 26.1 Å². The molecule has 0 saturated carbocycles. The minimum Gasteiger partial charge on any atom is -0.456 e. The number of carbonyl (C=O) groups excluding carboxylic acids is 1. The van der Waals surface area contributed by atoms with Crippen LogP contribution in [0, 0.1) is 0 Å². The molecular formula is C20H22N2O3. The topological polar surface area (TPSA) is 54.7 Å². The molecule has 0 bridgehead atoms. The van der Waals surface area contributed by atoms with Gasteiger partial charge in [-0.3, -0.25) is 9.69 Å². The average molecular weight is 338 g/mol. The Balaban J connectivity index is 1.50. The molecule has 3 aromatic rings. The van der Waals surface area contributed by atoms with Crippen LogP contribution in [-0.2, 0) is 9.53 Å². The van der Waals surface area contributed by atoms with Crippen LogP contribution in [0.1, 0.15) is 13.8 Å². The molecule has 130 valence electrons. The first kappa shape index (κ1) is 16.1. The molecule has 2 aromatic carbocycles. The fourth-order valence-corrected chi connectivity index (χ4v) is 3.62. The molecule has 1 aromatic heterocycles. The van der Waals surface area contributed by atoms with Gasteiger partial charge in [-0.05, 0) is 38.1 Å². The van der Waals surface area contributed by atoms with E-state index in [0.717, 1.165) is 40.7 Å². The summed E-state index contributed by atoms with van der Waals surface area (Å²) in [5.41, 5.74) is 2.48. The number of para-hydroxylation sites is 1. The molecule has 4 rings (SSSR count). The molecule has 0 radical (unpaired) electrons. The van der Waals surface area contributed by atoms with Crippen molar-refractivity contribution >= 4 is 33.5 Å². The van der Waals surface area contributed by atoms with Gasteiger partial charge in [-0.25, -0.2) is 0 Å². The van der Waals surface area contributed by atoms with Crippen molar-refractivity contribution in [3.8, 4) is 0 Å². The second kappa shape index (κ2) is 6.50. The van der Waals surface area contributed by atoms with Gasteiger partial charge in [-0.15, -0.1) is 0 Å². The minimum atomic E-state index is -0.00606. The molecule has 1 N–H and O–H groups in total. The molecule has 25 heavy (non-hydrogen) atoms. The molecule has 1 saturated heterocycles. The highest BCUT2D eigenvalue weighted by molar-refractivity contribution is 6.07. The summed E-state index contributed by atoms with van der Waals surface area (Å²) in [6.07, 6.45) is 0.315. The Hall–Kier alpha value is -2.37.